The molecule has 1 N–H and O–H groups in total. The zero-order chi connectivity index (χ0) is 14.5. The number of nitrogens with zero attached hydrogens (tertiary/aromatic N) is 3. The van der Waals surface area contributed by atoms with Gasteiger partial charge in [-0.05, 0) is 6.07 Å². The number of hydrogen-bond donors (Lipinski definition) is 1. The largest absolute Gasteiger partial charge is 0.481 e. The molecule has 0 saturated carbocycles. The number of aliphatic hydroxyl groups excluding tert-OH is 1. The smallest absolute Gasteiger partial charge is 0.254 e. The van der Waals surface area contributed by atoms with E-state index in [1.165, 1.54) is 7.11 Å². The number of pyridine rings is 1. The van der Waals surface area contributed by atoms with Crippen LogP contribution >= 0.6 is 11.6 Å². The summed E-state index contributed by atoms with van der Waals surface area (Å²) >= 11 is 5.88. The summed E-state index contributed by atoms with van der Waals surface area (Å²) in [7, 11) is 1.49. The van der Waals surface area contributed by atoms with Gasteiger partial charge < -0.3 is 14.7 Å². The molecule has 0 aromatic carbocycles. The summed E-state index contributed by atoms with van der Waals surface area (Å²) in [5, 5.41) is 9.14. The van der Waals surface area contributed by atoms with E-state index >= 15 is 0 Å². The molecule has 6 nitrogen and oxygen atoms in total. The van der Waals surface area contributed by atoms with Gasteiger partial charge in [0.1, 0.15) is 5.15 Å². The van der Waals surface area contributed by atoms with E-state index in [9.17, 15) is 4.79 Å². The molecule has 20 heavy (non-hydrogen) atoms. The van der Waals surface area contributed by atoms with E-state index in [4.69, 9.17) is 21.4 Å². The van der Waals surface area contributed by atoms with Gasteiger partial charge in [-0.2, -0.15) is 0 Å². The summed E-state index contributed by atoms with van der Waals surface area (Å²) in [4.78, 5) is 20.3. The molecule has 0 aliphatic carbocycles. The van der Waals surface area contributed by atoms with Gasteiger partial charge in [0.05, 0.1) is 13.7 Å². The average molecular weight is 300 g/mol. The number of carbonyl (C=O) groups excluding carboxylic acids is 1. The zero-order valence-electron chi connectivity index (χ0n) is 11.4. The highest BCUT2D eigenvalue weighted by Crippen LogP contribution is 2.18. The van der Waals surface area contributed by atoms with Crippen LogP contribution in [-0.2, 0) is 0 Å². The molecule has 0 bridgehead atoms. The molecule has 2 heterocycles. The van der Waals surface area contributed by atoms with Crippen molar-refractivity contribution in [3.8, 4) is 5.88 Å². The number of carbonyl (C=O) groups is 1. The fraction of sp³-hybridized carbons (Fsp3) is 0.538. The maximum Gasteiger partial charge on any atom is 0.254 e. The van der Waals surface area contributed by atoms with Crippen LogP contribution in [0.4, 0.5) is 0 Å². The Morgan fingerprint density at radius 2 is 2.10 bits per heavy atom. The molecule has 0 spiro atoms. The summed E-state index contributed by atoms with van der Waals surface area (Å²) in [5.74, 6) is 0.260. The first kappa shape index (κ1) is 15.0. The van der Waals surface area contributed by atoms with Crippen molar-refractivity contribution in [2.45, 2.75) is 0 Å². The molecule has 0 radical (unpaired) electrons. The van der Waals surface area contributed by atoms with Gasteiger partial charge in [-0.15, -0.1) is 0 Å². The summed E-state index contributed by atoms with van der Waals surface area (Å²) in [6, 6.07) is 3.14. The number of aliphatic hydroxyl groups is 1. The minimum absolute atomic E-state index is 0.0729. The SMILES string of the molecule is COc1cc(C(=O)N2CCN(CCO)CC2)cc(Cl)n1. The third-order valence-corrected chi connectivity index (χ3v) is 3.50. The molecular weight excluding hydrogens is 282 g/mol. The van der Waals surface area contributed by atoms with Crippen molar-refractivity contribution < 1.29 is 14.6 Å². The summed E-state index contributed by atoms with van der Waals surface area (Å²) in [6.07, 6.45) is 0. The van der Waals surface area contributed by atoms with Crippen LogP contribution in [0.3, 0.4) is 0 Å². The molecule has 2 rings (SSSR count). The molecule has 1 aromatic heterocycles. The van der Waals surface area contributed by atoms with Crippen molar-refractivity contribution in [3.63, 3.8) is 0 Å². The van der Waals surface area contributed by atoms with Crippen LogP contribution in [0.2, 0.25) is 5.15 Å². The van der Waals surface area contributed by atoms with Gasteiger partial charge in [0.15, 0.2) is 0 Å². The Morgan fingerprint density at radius 3 is 2.70 bits per heavy atom. The Kier molecular flexibility index (Phi) is 5.17. The van der Waals surface area contributed by atoms with Crippen molar-refractivity contribution in [1.29, 1.82) is 0 Å². The molecule has 1 saturated heterocycles. The van der Waals surface area contributed by atoms with Crippen LogP contribution in [-0.4, -0.2) is 72.2 Å². The standard InChI is InChI=1S/C13H18ClN3O3/c1-20-12-9-10(8-11(14)15-12)13(19)17-4-2-16(3-5-17)6-7-18/h8-9,18H,2-7H2,1H3. The molecule has 110 valence electrons. The van der Waals surface area contributed by atoms with Crippen molar-refractivity contribution in [2.24, 2.45) is 0 Å². The lowest BCUT2D eigenvalue weighted by Gasteiger charge is -2.34. The van der Waals surface area contributed by atoms with E-state index in [1.807, 2.05) is 0 Å². The number of aromatic nitrogens is 1. The van der Waals surface area contributed by atoms with E-state index < -0.39 is 0 Å². The molecule has 1 fully saturated rings. The molecule has 0 atom stereocenters. The third-order valence-electron chi connectivity index (χ3n) is 3.30. The molecule has 1 aliphatic heterocycles. The van der Waals surface area contributed by atoms with Gasteiger partial charge in [-0.1, -0.05) is 11.6 Å². The normalized spacial score (nSPS) is 16.2. The lowest BCUT2D eigenvalue weighted by molar-refractivity contribution is 0.0614. The first-order valence-electron chi connectivity index (χ1n) is 6.48. The van der Waals surface area contributed by atoms with Gasteiger partial charge in [-0.3, -0.25) is 9.69 Å². The van der Waals surface area contributed by atoms with Crippen LogP contribution in [0, 0.1) is 0 Å². The second kappa shape index (κ2) is 6.88. The summed E-state index contributed by atoms with van der Waals surface area (Å²) < 4.78 is 5.02. The fourth-order valence-electron chi connectivity index (χ4n) is 2.20. The third kappa shape index (κ3) is 3.59. The maximum atomic E-state index is 12.4. The predicted molar refractivity (Wildman–Crippen MR) is 75.2 cm³/mol. The lowest BCUT2D eigenvalue weighted by atomic mass is 10.2. The summed E-state index contributed by atoms with van der Waals surface area (Å²) in [5.41, 5.74) is 0.484. The minimum Gasteiger partial charge on any atom is -0.481 e. The quantitative estimate of drug-likeness (QED) is 0.820. The van der Waals surface area contributed by atoms with E-state index in [1.54, 1.807) is 17.0 Å². The van der Waals surface area contributed by atoms with Crippen molar-refractivity contribution >= 4 is 17.5 Å². The van der Waals surface area contributed by atoms with E-state index in [0.29, 0.717) is 31.1 Å². The number of piperazine rings is 1. The molecule has 1 amide bonds. The van der Waals surface area contributed by atoms with Crippen LogP contribution in [0.15, 0.2) is 12.1 Å². The maximum absolute atomic E-state index is 12.4. The number of methoxy groups -OCH3 is 1. The summed E-state index contributed by atoms with van der Waals surface area (Å²) in [6.45, 7) is 3.61. The lowest BCUT2D eigenvalue weighted by Crippen LogP contribution is -2.49. The average Bonchev–Trinajstić information content (AvgIpc) is 2.47. The number of β-amino-alcohol motifs (C(OH)–C–C–N with tert-alkyl or cyclic N) is 1. The Balaban J connectivity index is 2.03. The number of rotatable bonds is 4. The Labute approximate surface area is 122 Å². The number of ether oxygens (including phenoxy) is 1. The first-order valence-corrected chi connectivity index (χ1v) is 6.86. The van der Waals surface area contributed by atoms with Crippen molar-refractivity contribution in [3.05, 3.63) is 22.8 Å². The van der Waals surface area contributed by atoms with Gasteiger partial charge in [0, 0.05) is 44.4 Å². The second-order valence-electron chi connectivity index (χ2n) is 4.58. The molecule has 7 heteroatoms. The van der Waals surface area contributed by atoms with Crippen molar-refractivity contribution in [2.75, 3.05) is 46.4 Å². The molecular formula is C13H18ClN3O3. The van der Waals surface area contributed by atoms with Gasteiger partial charge in [0.25, 0.3) is 5.91 Å². The van der Waals surface area contributed by atoms with Crippen molar-refractivity contribution in [1.82, 2.24) is 14.8 Å². The second-order valence-corrected chi connectivity index (χ2v) is 4.97. The monoisotopic (exact) mass is 299 g/mol. The highest BCUT2D eigenvalue weighted by atomic mass is 35.5. The molecule has 1 aromatic rings. The van der Waals surface area contributed by atoms with Crippen LogP contribution in [0.1, 0.15) is 10.4 Å². The van der Waals surface area contributed by atoms with E-state index in [-0.39, 0.29) is 17.7 Å². The van der Waals surface area contributed by atoms with Gasteiger partial charge in [0.2, 0.25) is 5.88 Å². The van der Waals surface area contributed by atoms with Gasteiger partial charge in [-0.25, -0.2) is 4.98 Å². The zero-order valence-corrected chi connectivity index (χ0v) is 12.1. The first-order chi connectivity index (χ1) is 9.63. The Morgan fingerprint density at radius 1 is 1.40 bits per heavy atom. The Bertz CT molecular complexity index is 476. The minimum atomic E-state index is -0.0729. The number of hydrogen-bond acceptors (Lipinski definition) is 5. The Hall–Kier alpha value is -1.37. The van der Waals surface area contributed by atoms with Crippen LogP contribution < -0.4 is 4.74 Å². The van der Waals surface area contributed by atoms with Gasteiger partial charge >= 0.3 is 0 Å². The fourth-order valence-corrected chi connectivity index (χ4v) is 2.40. The topological polar surface area (TPSA) is 65.9 Å². The highest BCUT2D eigenvalue weighted by Gasteiger charge is 2.22. The van der Waals surface area contributed by atoms with Crippen LogP contribution in [0.5, 0.6) is 5.88 Å². The number of halogens is 1. The van der Waals surface area contributed by atoms with Crippen LogP contribution in [0.25, 0.3) is 0 Å². The molecule has 0 unspecified atom stereocenters. The molecule has 1 aliphatic rings. The van der Waals surface area contributed by atoms with E-state index in [2.05, 4.69) is 9.88 Å². The predicted octanol–water partition coefficient (Wildman–Crippen LogP) is 0.494. The highest BCUT2D eigenvalue weighted by molar-refractivity contribution is 6.29. The number of amides is 1. The van der Waals surface area contributed by atoms with E-state index in [0.717, 1.165) is 13.1 Å².